The lowest BCUT2D eigenvalue weighted by Crippen LogP contribution is -1.96. The van der Waals surface area contributed by atoms with Crippen molar-refractivity contribution < 1.29 is 8.78 Å². The van der Waals surface area contributed by atoms with Crippen LogP contribution >= 0.6 is 56.8 Å². The predicted molar refractivity (Wildman–Crippen MR) is 59.6 cm³/mol. The Balaban J connectivity index is 3.28. The van der Waals surface area contributed by atoms with Crippen LogP contribution in [-0.2, 0) is 0 Å². The second kappa shape index (κ2) is 4.32. The molecule has 0 aliphatic heterocycles. The molecular weight excluding hydrogens is 413 g/mol. The van der Waals surface area contributed by atoms with Gasteiger partial charge >= 0.3 is 0 Å². The van der Waals surface area contributed by atoms with Crippen LogP contribution in [0.1, 0.15) is 12.0 Å². The van der Waals surface area contributed by atoms with E-state index >= 15 is 0 Å². The molecule has 0 saturated carbocycles. The Morgan fingerprint density at radius 2 is 2.00 bits per heavy atom. The van der Waals surface area contributed by atoms with E-state index in [4.69, 9.17) is 11.6 Å². The highest BCUT2D eigenvalue weighted by molar-refractivity contribution is 14.1. The third-order valence-corrected chi connectivity index (χ3v) is 2.84. The molecule has 0 N–H and O–H groups in total. The van der Waals surface area contributed by atoms with Gasteiger partial charge in [0.15, 0.2) is 0 Å². The van der Waals surface area contributed by atoms with Crippen LogP contribution in [0, 0.1) is 7.40 Å². The first-order chi connectivity index (χ1) is 5.52. The van der Waals surface area contributed by atoms with Crippen molar-refractivity contribution in [3.05, 3.63) is 24.1 Å². The van der Waals surface area contributed by atoms with E-state index in [1.165, 1.54) is 6.07 Å². The van der Waals surface area contributed by atoms with Crippen LogP contribution in [0.15, 0.2) is 6.07 Å². The summed E-state index contributed by atoms with van der Waals surface area (Å²) in [4.78, 5) is 3.86. The van der Waals surface area contributed by atoms with Crippen LogP contribution in [-0.4, -0.2) is 4.98 Å². The molecule has 0 fully saturated rings. The molecule has 0 spiro atoms. The standard InChI is InChI=1S/C6H2ClF2I2N/c7-2-1-3(10)12-6(11)4(2)5(8)9/h1,5H. The van der Waals surface area contributed by atoms with Crippen molar-refractivity contribution in [3.8, 4) is 0 Å². The molecule has 6 heteroatoms. The van der Waals surface area contributed by atoms with Crippen LogP contribution in [0.2, 0.25) is 5.02 Å². The summed E-state index contributed by atoms with van der Waals surface area (Å²) in [5.74, 6) is 0. The number of halogens is 5. The highest BCUT2D eigenvalue weighted by Gasteiger charge is 2.17. The molecule has 1 nitrogen and oxygen atoms in total. The minimum Gasteiger partial charge on any atom is -0.235 e. The molecule has 0 unspecified atom stereocenters. The lowest BCUT2D eigenvalue weighted by atomic mass is 10.3. The zero-order valence-corrected chi connectivity index (χ0v) is 10.6. The monoisotopic (exact) mass is 415 g/mol. The van der Waals surface area contributed by atoms with Crippen molar-refractivity contribution in [2.24, 2.45) is 0 Å². The second-order valence-electron chi connectivity index (χ2n) is 1.93. The Labute approximate surface area is 100 Å². The molecule has 0 saturated heterocycles. The summed E-state index contributed by atoms with van der Waals surface area (Å²) in [6.07, 6.45) is -2.56. The molecule has 1 aromatic heterocycles. The first kappa shape index (κ1) is 10.8. The van der Waals surface area contributed by atoms with Crippen LogP contribution in [0.25, 0.3) is 0 Å². The van der Waals surface area contributed by atoms with Gasteiger partial charge in [-0.15, -0.1) is 0 Å². The van der Waals surface area contributed by atoms with Crippen molar-refractivity contribution in [2.75, 3.05) is 0 Å². The Kier molecular flexibility index (Phi) is 3.90. The predicted octanol–water partition coefficient (Wildman–Crippen LogP) is 3.88. The summed E-state index contributed by atoms with van der Waals surface area (Å²) in [5, 5.41) is 0.0776. The lowest BCUT2D eigenvalue weighted by Gasteiger charge is -2.04. The van der Waals surface area contributed by atoms with Gasteiger partial charge in [0.1, 0.15) is 7.40 Å². The van der Waals surface area contributed by atoms with E-state index in [2.05, 4.69) is 4.98 Å². The minimum absolute atomic E-state index is 0.0776. The van der Waals surface area contributed by atoms with E-state index in [0.717, 1.165) is 0 Å². The Bertz CT molecular complexity index is 283. The molecule has 0 atom stereocenters. The van der Waals surface area contributed by atoms with E-state index in [-0.39, 0.29) is 14.3 Å². The second-order valence-corrected chi connectivity index (χ2v) is 4.47. The topological polar surface area (TPSA) is 12.9 Å². The lowest BCUT2D eigenvalue weighted by molar-refractivity contribution is 0.150. The maximum atomic E-state index is 12.3. The molecule has 12 heavy (non-hydrogen) atoms. The van der Waals surface area contributed by atoms with Gasteiger partial charge in [-0.2, -0.15) is 0 Å². The van der Waals surface area contributed by atoms with Gasteiger partial charge in [0.05, 0.1) is 10.6 Å². The summed E-state index contributed by atoms with van der Waals surface area (Å²) < 4.78 is 25.5. The van der Waals surface area contributed by atoms with Gasteiger partial charge in [0.2, 0.25) is 0 Å². The van der Waals surface area contributed by atoms with E-state index in [1.807, 2.05) is 22.6 Å². The van der Waals surface area contributed by atoms with E-state index in [1.54, 1.807) is 22.6 Å². The van der Waals surface area contributed by atoms with Crippen molar-refractivity contribution in [3.63, 3.8) is 0 Å². The number of aromatic nitrogens is 1. The van der Waals surface area contributed by atoms with Gasteiger partial charge < -0.3 is 0 Å². The number of hydrogen-bond donors (Lipinski definition) is 0. The summed E-state index contributed by atoms with van der Waals surface area (Å²) >= 11 is 9.27. The van der Waals surface area contributed by atoms with E-state index in [0.29, 0.717) is 3.70 Å². The van der Waals surface area contributed by atoms with Crippen LogP contribution in [0.4, 0.5) is 8.78 Å². The average molecular weight is 415 g/mol. The normalized spacial score (nSPS) is 10.8. The molecule has 66 valence electrons. The summed E-state index contributed by atoms with van der Waals surface area (Å²) in [6, 6.07) is 1.42. The maximum absolute atomic E-state index is 12.3. The van der Waals surface area contributed by atoms with Gasteiger partial charge in [-0.3, -0.25) is 0 Å². The zero-order valence-electron chi connectivity index (χ0n) is 5.49. The molecule has 1 heterocycles. The van der Waals surface area contributed by atoms with Gasteiger partial charge in [-0.1, -0.05) is 11.6 Å². The Hall–Kier alpha value is 0.760. The molecular formula is C6H2ClF2I2N. The van der Waals surface area contributed by atoms with Gasteiger partial charge in [0, 0.05) is 0 Å². The number of nitrogens with zero attached hydrogens (tertiary/aromatic N) is 1. The van der Waals surface area contributed by atoms with Crippen molar-refractivity contribution >= 4 is 56.8 Å². The van der Waals surface area contributed by atoms with Crippen LogP contribution in [0.5, 0.6) is 0 Å². The summed E-state index contributed by atoms with van der Waals surface area (Å²) in [6.45, 7) is 0. The zero-order chi connectivity index (χ0) is 9.30. The van der Waals surface area contributed by atoms with E-state index < -0.39 is 6.43 Å². The molecule has 0 radical (unpaired) electrons. The molecule has 0 aliphatic carbocycles. The van der Waals surface area contributed by atoms with Gasteiger partial charge in [0.25, 0.3) is 6.43 Å². The molecule has 0 aliphatic rings. The van der Waals surface area contributed by atoms with Crippen molar-refractivity contribution in [1.82, 2.24) is 4.98 Å². The Morgan fingerprint density at radius 3 is 2.42 bits per heavy atom. The quantitative estimate of drug-likeness (QED) is 0.501. The molecule has 0 amide bonds. The summed E-state index contributed by atoms with van der Waals surface area (Å²) in [5.41, 5.74) is -0.183. The molecule has 0 bridgehead atoms. The van der Waals surface area contributed by atoms with E-state index in [9.17, 15) is 8.78 Å². The highest BCUT2D eigenvalue weighted by atomic mass is 127. The number of pyridine rings is 1. The third kappa shape index (κ3) is 2.38. The number of rotatable bonds is 1. The van der Waals surface area contributed by atoms with Crippen molar-refractivity contribution in [1.29, 1.82) is 0 Å². The third-order valence-electron chi connectivity index (χ3n) is 1.15. The fourth-order valence-electron chi connectivity index (χ4n) is 0.661. The fourth-order valence-corrected chi connectivity index (χ4v) is 3.08. The molecule has 1 aromatic rings. The summed E-state index contributed by atoms with van der Waals surface area (Å²) in [7, 11) is 0. The molecule has 0 aromatic carbocycles. The number of alkyl halides is 2. The first-order valence-corrected chi connectivity index (χ1v) is 5.35. The molecule has 1 rings (SSSR count). The highest BCUT2D eigenvalue weighted by Crippen LogP contribution is 2.30. The SMILES string of the molecule is FC(F)c1c(Cl)cc(I)nc1I. The fraction of sp³-hybridized carbons (Fsp3) is 0.167. The minimum atomic E-state index is -2.56. The van der Waals surface area contributed by atoms with Crippen LogP contribution < -0.4 is 0 Å². The van der Waals surface area contributed by atoms with Crippen molar-refractivity contribution in [2.45, 2.75) is 6.43 Å². The maximum Gasteiger partial charge on any atom is 0.267 e. The Morgan fingerprint density at radius 1 is 1.42 bits per heavy atom. The first-order valence-electron chi connectivity index (χ1n) is 2.82. The van der Waals surface area contributed by atoms with Crippen LogP contribution in [0.3, 0.4) is 0 Å². The average Bonchev–Trinajstić information content (AvgIpc) is 1.82. The largest absolute Gasteiger partial charge is 0.267 e. The van der Waals surface area contributed by atoms with Gasteiger partial charge in [-0.25, -0.2) is 13.8 Å². The van der Waals surface area contributed by atoms with Gasteiger partial charge in [-0.05, 0) is 51.2 Å². The smallest absolute Gasteiger partial charge is 0.235 e. The number of hydrogen-bond acceptors (Lipinski definition) is 1.